The molecule has 0 saturated carbocycles. The van der Waals surface area contributed by atoms with E-state index in [-0.39, 0.29) is 18.5 Å². The highest BCUT2D eigenvalue weighted by Gasteiger charge is 2.28. The quantitative estimate of drug-likeness (QED) is 0.678. The molecule has 2 heterocycles. The Labute approximate surface area is 161 Å². The maximum atomic E-state index is 13.2. The second-order valence-corrected chi connectivity index (χ2v) is 7.34. The van der Waals surface area contributed by atoms with Crippen LogP contribution in [0.1, 0.15) is 23.2 Å². The molecule has 0 unspecified atom stereocenters. The van der Waals surface area contributed by atoms with Crippen LogP contribution in [0.15, 0.2) is 48.5 Å². The van der Waals surface area contributed by atoms with Gasteiger partial charge in [0.1, 0.15) is 12.4 Å². The highest BCUT2D eigenvalue weighted by Crippen LogP contribution is 2.30. The minimum atomic E-state index is -0.184. The molecule has 27 heavy (non-hydrogen) atoms. The van der Waals surface area contributed by atoms with E-state index in [9.17, 15) is 9.59 Å². The maximum absolute atomic E-state index is 13.2. The second-order valence-electron chi connectivity index (χ2n) is 6.33. The van der Waals surface area contributed by atoms with Gasteiger partial charge in [-0.25, -0.2) is 4.98 Å². The Hall–Kier alpha value is -2.93. The number of aromatic nitrogens is 1. The van der Waals surface area contributed by atoms with E-state index in [0.29, 0.717) is 29.4 Å². The molecule has 3 aromatic rings. The van der Waals surface area contributed by atoms with Crippen LogP contribution in [0.3, 0.4) is 0 Å². The Morgan fingerprint density at radius 2 is 2.00 bits per heavy atom. The van der Waals surface area contributed by atoms with E-state index in [1.807, 2.05) is 24.3 Å². The molecule has 1 aromatic heterocycles. The third-order valence-electron chi connectivity index (χ3n) is 4.58. The number of ether oxygens (including phenoxy) is 1. The van der Waals surface area contributed by atoms with E-state index < -0.39 is 0 Å². The molecular weight excluding hydrogens is 362 g/mol. The Morgan fingerprint density at radius 3 is 2.67 bits per heavy atom. The Kier molecular flexibility index (Phi) is 4.77. The summed E-state index contributed by atoms with van der Waals surface area (Å²) in [6.45, 7) is 0.875. The molecule has 2 aromatic carbocycles. The van der Waals surface area contributed by atoms with Gasteiger partial charge < -0.3 is 9.64 Å². The summed E-state index contributed by atoms with van der Waals surface area (Å²) in [6.07, 6.45) is 1.35. The first-order valence-corrected chi connectivity index (χ1v) is 9.56. The molecule has 138 valence electrons. The smallest absolute Gasteiger partial charge is 0.261 e. The fourth-order valence-electron chi connectivity index (χ4n) is 3.10. The van der Waals surface area contributed by atoms with Crippen LogP contribution in [0.4, 0.5) is 5.13 Å². The van der Waals surface area contributed by atoms with E-state index in [2.05, 4.69) is 4.98 Å². The van der Waals surface area contributed by atoms with Gasteiger partial charge in [-0.3, -0.25) is 14.5 Å². The number of anilines is 1. The number of thiazole rings is 1. The number of para-hydroxylation sites is 1. The van der Waals surface area contributed by atoms with Gasteiger partial charge in [-0.1, -0.05) is 23.5 Å². The molecule has 4 rings (SSSR count). The summed E-state index contributed by atoms with van der Waals surface area (Å²) in [5.41, 5.74) is 1.37. The summed E-state index contributed by atoms with van der Waals surface area (Å²) in [4.78, 5) is 33.3. The number of hydrogen-bond acceptors (Lipinski definition) is 5. The lowest BCUT2D eigenvalue weighted by atomic mass is 10.2. The summed E-state index contributed by atoms with van der Waals surface area (Å²) in [6, 6.07) is 14.7. The third kappa shape index (κ3) is 3.50. The van der Waals surface area contributed by atoms with Gasteiger partial charge in [0.05, 0.1) is 17.3 Å². The Morgan fingerprint density at radius 1 is 1.22 bits per heavy atom. The van der Waals surface area contributed by atoms with E-state index in [1.54, 1.807) is 41.2 Å². The van der Waals surface area contributed by atoms with Crippen molar-refractivity contribution in [3.63, 3.8) is 0 Å². The standard InChI is InChI=1S/C20H19N3O3S/c1-26-15-10-8-14(9-11-15)19(25)23(13-22-12-4-7-18(22)24)20-21-16-5-2-3-6-17(16)27-20/h2-3,5-6,8-11H,4,7,12-13H2,1H3. The van der Waals surface area contributed by atoms with Crippen molar-refractivity contribution in [2.45, 2.75) is 12.8 Å². The zero-order valence-corrected chi connectivity index (χ0v) is 15.7. The number of rotatable bonds is 5. The first-order chi connectivity index (χ1) is 13.2. The third-order valence-corrected chi connectivity index (χ3v) is 5.64. The molecule has 1 aliphatic heterocycles. The van der Waals surface area contributed by atoms with Gasteiger partial charge in [0.25, 0.3) is 5.91 Å². The molecular formula is C20H19N3O3S. The molecule has 6 nitrogen and oxygen atoms in total. The summed E-state index contributed by atoms with van der Waals surface area (Å²) >= 11 is 1.45. The van der Waals surface area contributed by atoms with Crippen LogP contribution in [-0.4, -0.2) is 42.0 Å². The summed E-state index contributed by atoms with van der Waals surface area (Å²) in [5, 5.41) is 0.594. The molecule has 1 saturated heterocycles. The first-order valence-electron chi connectivity index (χ1n) is 8.75. The van der Waals surface area contributed by atoms with Crippen LogP contribution >= 0.6 is 11.3 Å². The van der Waals surface area contributed by atoms with Crippen LogP contribution in [0, 0.1) is 0 Å². The molecule has 0 atom stereocenters. The topological polar surface area (TPSA) is 62.7 Å². The molecule has 0 radical (unpaired) electrons. The molecule has 0 aliphatic carbocycles. The van der Waals surface area contributed by atoms with Crippen molar-refractivity contribution in [1.29, 1.82) is 0 Å². The van der Waals surface area contributed by atoms with Gasteiger partial charge in [0.2, 0.25) is 5.91 Å². The summed E-state index contributed by atoms with van der Waals surface area (Å²) in [7, 11) is 1.59. The predicted octanol–water partition coefficient (Wildman–Crippen LogP) is 3.53. The molecule has 1 aliphatic rings. The number of methoxy groups -OCH3 is 1. The molecule has 0 bridgehead atoms. The number of carbonyl (C=O) groups is 2. The van der Waals surface area contributed by atoms with Crippen molar-refractivity contribution in [1.82, 2.24) is 9.88 Å². The number of nitrogens with zero attached hydrogens (tertiary/aromatic N) is 3. The van der Waals surface area contributed by atoms with E-state index in [0.717, 1.165) is 16.6 Å². The van der Waals surface area contributed by atoms with Gasteiger partial charge in [0, 0.05) is 18.5 Å². The predicted molar refractivity (Wildman–Crippen MR) is 105 cm³/mol. The average molecular weight is 381 g/mol. The zero-order chi connectivity index (χ0) is 18.8. The minimum Gasteiger partial charge on any atom is -0.497 e. The second kappa shape index (κ2) is 7.36. The van der Waals surface area contributed by atoms with Crippen LogP contribution in [-0.2, 0) is 4.79 Å². The molecule has 0 spiro atoms. The van der Waals surface area contributed by atoms with Crippen molar-refractivity contribution in [3.05, 3.63) is 54.1 Å². The SMILES string of the molecule is COc1ccc(C(=O)N(CN2CCCC2=O)c2nc3ccccc3s2)cc1. The van der Waals surface area contributed by atoms with Crippen LogP contribution in [0.5, 0.6) is 5.75 Å². The fraction of sp³-hybridized carbons (Fsp3) is 0.250. The monoisotopic (exact) mass is 381 g/mol. The van der Waals surface area contributed by atoms with Gasteiger partial charge in [-0.05, 0) is 42.8 Å². The van der Waals surface area contributed by atoms with Crippen molar-refractivity contribution < 1.29 is 14.3 Å². The lowest BCUT2D eigenvalue weighted by Gasteiger charge is -2.26. The molecule has 2 amide bonds. The number of amides is 2. The normalized spacial score (nSPS) is 14.0. The van der Waals surface area contributed by atoms with Gasteiger partial charge >= 0.3 is 0 Å². The summed E-state index contributed by atoms with van der Waals surface area (Å²) < 4.78 is 6.17. The maximum Gasteiger partial charge on any atom is 0.261 e. The minimum absolute atomic E-state index is 0.0728. The number of likely N-dealkylation sites (tertiary alicyclic amines) is 1. The Bertz CT molecular complexity index is 951. The first kappa shape index (κ1) is 17.5. The van der Waals surface area contributed by atoms with Gasteiger partial charge in [0.15, 0.2) is 5.13 Å². The van der Waals surface area contributed by atoms with E-state index in [4.69, 9.17) is 4.74 Å². The van der Waals surface area contributed by atoms with Crippen LogP contribution < -0.4 is 9.64 Å². The lowest BCUT2D eigenvalue weighted by molar-refractivity contribution is -0.127. The van der Waals surface area contributed by atoms with Crippen molar-refractivity contribution >= 4 is 38.5 Å². The highest BCUT2D eigenvalue weighted by molar-refractivity contribution is 7.22. The molecule has 1 fully saturated rings. The number of fused-ring (bicyclic) bond motifs is 1. The largest absolute Gasteiger partial charge is 0.497 e. The van der Waals surface area contributed by atoms with Crippen LogP contribution in [0.2, 0.25) is 0 Å². The van der Waals surface area contributed by atoms with Gasteiger partial charge in [-0.15, -0.1) is 0 Å². The summed E-state index contributed by atoms with van der Waals surface area (Å²) in [5.74, 6) is 0.577. The van der Waals surface area contributed by atoms with Gasteiger partial charge in [-0.2, -0.15) is 0 Å². The number of carbonyl (C=O) groups excluding carboxylic acids is 2. The fourth-order valence-corrected chi connectivity index (χ4v) is 4.06. The average Bonchev–Trinajstić information content (AvgIpc) is 3.31. The highest BCUT2D eigenvalue weighted by atomic mass is 32.1. The van der Waals surface area contributed by atoms with Crippen molar-refractivity contribution in [2.75, 3.05) is 25.2 Å². The van der Waals surface area contributed by atoms with Crippen molar-refractivity contribution in [2.24, 2.45) is 0 Å². The molecule has 0 N–H and O–H groups in total. The number of benzene rings is 2. The number of hydrogen-bond donors (Lipinski definition) is 0. The lowest BCUT2D eigenvalue weighted by Crippen LogP contribution is -2.42. The van der Waals surface area contributed by atoms with E-state index in [1.165, 1.54) is 11.3 Å². The Balaban J connectivity index is 1.69. The molecule has 7 heteroatoms. The van der Waals surface area contributed by atoms with Crippen molar-refractivity contribution in [3.8, 4) is 5.75 Å². The van der Waals surface area contributed by atoms with E-state index >= 15 is 0 Å². The van der Waals surface area contributed by atoms with Crippen LogP contribution in [0.25, 0.3) is 10.2 Å². The zero-order valence-electron chi connectivity index (χ0n) is 14.9.